The SMILES string of the molecule is CC(=O)Nc1nc2c(s1)CC[C@@]1(C)C2=CC[C@H]2[C@@H]3CC[C@H](O)[C@@]3(C)CC[C@@H]21. The molecule has 1 amide bonds. The van der Waals surface area contributed by atoms with E-state index in [1.54, 1.807) is 18.3 Å². The van der Waals surface area contributed by atoms with Crippen molar-refractivity contribution in [2.24, 2.45) is 28.6 Å². The number of carbonyl (C=O) groups is 1. The number of aromatic nitrogens is 1. The Balaban J connectivity index is 1.52. The van der Waals surface area contributed by atoms with E-state index in [1.807, 2.05) is 0 Å². The van der Waals surface area contributed by atoms with E-state index < -0.39 is 0 Å². The quantitative estimate of drug-likeness (QED) is 0.739. The fourth-order valence-electron chi connectivity index (χ4n) is 7.06. The van der Waals surface area contributed by atoms with Crippen molar-refractivity contribution in [3.8, 4) is 0 Å². The number of thiazole rings is 1. The minimum Gasteiger partial charge on any atom is -0.393 e. The number of rotatable bonds is 1. The van der Waals surface area contributed by atoms with Gasteiger partial charge in [-0.15, -0.1) is 11.3 Å². The van der Waals surface area contributed by atoms with Crippen molar-refractivity contribution in [1.29, 1.82) is 0 Å². The molecule has 4 nitrogen and oxygen atoms in total. The molecule has 1 heterocycles. The highest BCUT2D eigenvalue weighted by molar-refractivity contribution is 7.16. The molecule has 27 heavy (non-hydrogen) atoms. The lowest BCUT2D eigenvalue weighted by molar-refractivity contribution is -0.114. The Kier molecular flexibility index (Phi) is 3.90. The average Bonchev–Trinajstić information content (AvgIpc) is 3.14. The topological polar surface area (TPSA) is 62.2 Å². The van der Waals surface area contributed by atoms with E-state index in [0.29, 0.717) is 17.8 Å². The second kappa shape index (κ2) is 5.90. The van der Waals surface area contributed by atoms with Crippen LogP contribution in [0.4, 0.5) is 5.13 Å². The van der Waals surface area contributed by atoms with Crippen LogP contribution in [0.3, 0.4) is 0 Å². The molecule has 5 rings (SSSR count). The lowest BCUT2D eigenvalue weighted by Gasteiger charge is -2.56. The average molecular weight is 387 g/mol. The highest BCUT2D eigenvalue weighted by Gasteiger charge is 2.58. The molecular formula is C22H30N2O2S. The van der Waals surface area contributed by atoms with E-state index in [0.717, 1.165) is 36.5 Å². The summed E-state index contributed by atoms with van der Waals surface area (Å²) in [5.41, 5.74) is 2.89. The van der Waals surface area contributed by atoms with Crippen LogP contribution in [0, 0.1) is 28.6 Å². The molecule has 0 unspecified atom stereocenters. The highest BCUT2D eigenvalue weighted by atomic mass is 32.1. The van der Waals surface area contributed by atoms with Crippen molar-refractivity contribution in [2.45, 2.75) is 71.8 Å². The third kappa shape index (κ3) is 2.43. The van der Waals surface area contributed by atoms with Gasteiger partial charge in [0.15, 0.2) is 5.13 Å². The predicted molar refractivity (Wildman–Crippen MR) is 108 cm³/mol. The van der Waals surface area contributed by atoms with Gasteiger partial charge in [0.25, 0.3) is 0 Å². The number of aryl methyl sites for hydroxylation is 1. The van der Waals surface area contributed by atoms with Gasteiger partial charge in [0, 0.05) is 11.8 Å². The molecule has 0 radical (unpaired) electrons. The van der Waals surface area contributed by atoms with E-state index in [-0.39, 0.29) is 22.8 Å². The summed E-state index contributed by atoms with van der Waals surface area (Å²) in [4.78, 5) is 17.6. The van der Waals surface area contributed by atoms with E-state index >= 15 is 0 Å². The number of aliphatic hydroxyl groups is 1. The van der Waals surface area contributed by atoms with Gasteiger partial charge in [-0.2, -0.15) is 0 Å². The Bertz CT molecular complexity index is 830. The fraction of sp³-hybridized carbons (Fsp3) is 0.727. The second-order valence-electron chi connectivity index (χ2n) is 9.76. The van der Waals surface area contributed by atoms with Crippen LogP contribution in [0.15, 0.2) is 6.08 Å². The van der Waals surface area contributed by atoms with Crippen molar-refractivity contribution >= 4 is 27.9 Å². The molecule has 0 spiro atoms. The lowest BCUT2D eigenvalue weighted by Crippen LogP contribution is -2.50. The summed E-state index contributed by atoms with van der Waals surface area (Å²) in [5.74, 6) is 2.00. The summed E-state index contributed by atoms with van der Waals surface area (Å²) in [6.07, 6.45) is 10.3. The van der Waals surface area contributed by atoms with Crippen LogP contribution in [0.2, 0.25) is 0 Å². The van der Waals surface area contributed by atoms with Gasteiger partial charge in [-0.3, -0.25) is 4.79 Å². The number of anilines is 1. The Morgan fingerprint density at radius 1 is 1.26 bits per heavy atom. The third-order valence-corrected chi connectivity index (χ3v) is 9.55. The molecule has 2 N–H and O–H groups in total. The smallest absolute Gasteiger partial charge is 0.223 e. The lowest BCUT2D eigenvalue weighted by atomic mass is 9.48. The summed E-state index contributed by atoms with van der Waals surface area (Å²) >= 11 is 1.65. The maximum Gasteiger partial charge on any atom is 0.223 e. The van der Waals surface area contributed by atoms with Gasteiger partial charge < -0.3 is 10.4 Å². The zero-order chi connectivity index (χ0) is 19.0. The second-order valence-corrected chi connectivity index (χ2v) is 10.8. The standard InChI is InChI=1S/C22H30N2O2S/c1-12(25)23-20-24-19-16-5-4-13-14-6-7-18(26)22(14,3)10-8-15(13)21(16,2)11-9-17(19)27-20/h5,13-15,18,26H,4,6-11H2,1-3H3,(H,23,24,25)/t13-,14-,15-,18-,21+,22-/m0/s1. The molecule has 0 saturated heterocycles. The molecule has 4 aliphatic rings. The number of aliphatic hydroxyl groups excluding tert-OH is 1. The first-order valence-electron chi connectivity index (χ1n) is 10.5. The first-order valence-corrected chi connectivity index (χ1v) is 11.3. The molecule has 6 atom stereocenters. The van der Waals surface area contributed by atoms with Gasteiger partial charge in [-0.1, -0.05) is 19.9 Å². The summed E-state index contributed by atoms with van der Waals surface area (Å²) in [6.45, 7) is 6.35. The number of nitrogens with zero attached hydrogens (tertiary/aromatic N) is 1. The van der Waals surface area contributed by atoms with Gasteiger partial charge in [0.2, 0.25) is 5.91 Å². The summed E-state index contributed by atoms with van der Waals surface area (Å²) < 4.78 is 0. The van der Waals surface area contributed by atoms with Gasteiger partial charge in [0.05, 0.1) is 11.8 Å². The normalized spacial score (nSPS) is 42.4. The largest absolute Gasteiger partial charge is 0.393 e. The van der Waals surface area contributed by atoms with Crippen LogP contribution < -0.4 is 5.32 Å². The number of amides is 1. The van der Waals surface area contributed by atoms with Crippen molar-refractivity contribution < 1.29 is 9.90 Å². The van der Waals surface area contributed by atoms with E-state index in [9.17, 15) is 9.90 Å². The minimum absolute atomic E-state index is 0.0482. The van der Waals surface area contributed by atoms with E-state index in [1.165, 1.54) is 29.7 Å². The van der Waals surface area contributed by atoms with Crippen molar-refractivity contribution in [1.82, 2.24) is 4.98 Å². The van der Waals surface area contributed by atoms with Crippen LogP contribution in [0.5, 0.6) is 0 Å². The molecular weight excluding hydrogens is 356 g/mol. The number of carbonyl (C=O) groups excluding carboxylic acids is 1. The van der Waals surface area contributed by atoms with Crippen LogP contribution in [-0.2, 0) is 11.2 Å². The molecule has 4 aliphatic carbocycles. The highest BCUT2D eigenvalue weighted by Crippen LogP contribution is 2.66. The van der Waals surface area contributed by atoms with Gasteiger partial charge in [-0.05, 0) is 79.1 Å². The fourth-order valence-corrected chi connectivity index (χ4v) is 8.08. The van der Waals surface area contributed by atoms with Crippen LogP contribution in [-0.4, -0.2) is 22.1 Å². The van der Waals surface area contributed by atoms with Crippen molar-refractivity contribution in [3.05, 3.63) is 16.6 Å². The summed E-state index contributed by atoms with van der Waals surface area (Å²) in [6, 6.07) is 0. The van der Waals surface area contributed by atoms with Gasteiger partial charge >= 0.3 is 0 Å². The Morgan fingerprint density at radius 2 is 2.07 bits per heavy atom. The molecule has 2 saturated carbocycles. The minimum atomic E-state index is -0.113. The molecule has 2 fully saturated rings. The van der Waals surface area contributed by atoms with Crippen molar-refractivity contribution in [3.63, 3.8) is 0 Å². The third-order valence-electron chi connectivity index (χ3n) is 8.52. The first kappa shape index (κ1) is 17.9. The Morgan fingerprint density at radius 3 is 2.85 bits per heavy atom. The van der Waals surface area contributed by atoms with Crippen LogP contribution >= 0.6 is 11.3 Å². The van der Waals surface area contributed by atoms with Crippen molar-refractivity contribution in [2.75, 3.05) is 5.32 Å². The predicted octanol–water partition coefficient (Wildman–Crippen LogP) is 4.64. The molecule has 5 heteroatoms. The number of fused-ring (bicyclic) bond motifs is 7. The number of hydrogen-bond acceptors (Lipinski definition) is 4. The zero-order valence-electron chi connectivity index (χ0n) is 16.5. The summed E-state index contributed by atoms with van der Waals surface area (Å²) in [7, 11) is 0. The number of hydrogen-bond donors (Lipinski definition) is 2. The number of nitrogens with one attached hydrogen (secondary N) is 1. The molecule has 1 aromatic rings. The van der Waals surface area contributed by atoms with Crippen LogP contribution in [0.1, 0.15) is 69.9 Å². The molecule has 1 aromatic heterocycles. The zero-order valence-corrected chi connectivity index (χ0v) is 17.4. The van der Waals surface area contributed by atoms with Gasteiger partial charge in [0.1, 0.15) is 0 Å². The monoisotopic (exact) mass is 386 g/mol. The van der Waals surface area contributed by atoms with Crippen LogP contribution in [0.25, 0.3) is 5.57 Å². The Hall–Kier alpha value is -1.20. The van der Waals surface area contributed by atoms with Gasteiger partial charge in [-0.25, -0.2) is 4.98 Å². The molecule has 0 aliphatic heterocycles. The maximum atomic E-state index is 11.4. The molecule has 0 aromatic carbocycles. The molecule has 146 valence electrons. The van der Waals surface area contributed by atoms with E-state index in [4.69, 9.17) is 4.98 Å². The maximum absolute atomic E-state index is 11.4. The first-order chi connectivity index (χ1) is 12.8. The van der Waals surface area contributed by atoms with E-state index in [2.05, 4.69) is 25.2 Å². The Labute approximate surface area is 165 Å². The summed E-state index contributed by atoms with van der Waals surface area (Å²) in [5, 5.41) is 14.2. The molecule has 0 bridgehead atoms. The number of allylic oxidation sites excluding steroid dienone is 2.